The number of methoxy groups -OCH3 is 1. The van der Waals surface area contributed by atoms with Crippen LogP contribution in [0, 0.1) is 5.82 Å². The Labute approximate surface area is 276 Å². The molecule has 0 spiro atoms. The summed E-state index contributed by atoms with van der Waals surface area (Å²) in [6.45, 7) is 2.20. The van der Waals surface area contributed by atoms with Crippen molar-refractivity contribution in [2.75, 3.05) is 13.7 Å². The molecule has 0 N–H and O–H groups in total. The lowest BCUT2D eigenvalue weighted by atomic mass is 9.93. The lowest BCUT2D eigenvalue weighted by Gasteiger charge is -2.25. The van der Waals surface area contributed by atoms with E-state index in [0.29, 0.717) is 54.3 Å². The number of benzene rings is 4. The minimum atomic E-state index is -0.900. The third kappa shape index (κ3) is 6.31. The van der Waals surface area contributed by atoms with Crippen molar-refractivity contribution in [1.29, 1.82) is 0 Å². The highest BCUT2D eigenvalue weighted by molar-refractivity contribution is 9.10. The standard InChI is InChI=1S/C36H28BrFN2O5S/c1-3-44-35(42)30-31(24-12-8-5-9-13-24)39-36-40(32(30)25-14-16-26(38)17-15-25)34(41)29(46-36)20-23-18-27(37)33(28(19-23)43-2)45-21-22-10-6-4-7-11-22/h4-20,32H,3,21H2,1-2H3/b29-20-/t32-/m1/s1. The zero-order valence-electron chi connectivity index (χ0n) is 24.9. The summed E-state index contributed by atoms with van der Waals surface area (Å²) >= 11 is 4.80. The smallest absolute Gasteiger partial charge is 0.338 e. The minimum absolute atomic E-state index is 0.132. The molecule has 0 unspecified atom stereocenters. The first-order valence-corrected chi connectivity index (χ1v) is 16.1. The lowest BCUT2D eigenvalue weighted by molar-refractivity contribution is -0.138. The fraction of sp³-hybridized carbons (Fsp3) is 0.139. The highest BCUT2D eigenvalue weighted by Crippen LogP contribution is 2.38. The molecule has 4 aromatic carbocycles. The van der Waals surface area contributed by atoms with Gasteiger partial charge in [-0.1, -0.05) is 84.1 Å². The zero-order chi connectivity index (χ0) is 32.2. The van der Waals surface area contributed by atoms with Crippen LogP contribution in [0.1, 0.15) is 35.2 Å². The Hall–Kier alpha value is -4.80. The number of hydrogen-bond donors (Lipinski definition) is 0. The molecule has 1 aromatic heterocycles. The molecule has 0 aliphatic carbocycles. The van der Waals surface area contributed by atoms with Crippen LogP contribution in [-0.4, -0.2) is 24.3 Å². The lowest BCUT2D eigenvalue weighted by Crippen LogP contribution is -2.40. The predicted octanol–water partition coefficient (Wildman–Crippen LogP) is 6.42. The van der Waals surface area contributed by atoms with Gasteiger partial charge >= 0.3 is 5.97 Å². The highest BCUT2D eigenvalue weighted by atomic mass is 79.9. The molecule has 0 radical (unpaired) electrons. The summed E-state index contributed by atoms with van der Waals surface area (Å²) in [5, 5.41) is 0. The van der Waals surface area contributed by atoms with Crippen molar-refractivity contribution in [3.63, 3.8) is 0 Å². The predicted molar refractivity (Wildman–Crippen MR) is 179 cm³/mol. The van der Waals surface area contributed by atoms with Crippen molar-refractivity contribution in [3.8, 4) is 11.5 Å². The van der Waals surface area contributed by atoms with Gasteiger partial charge < -0.3 is 14.2 Å². The molecule has 0 fully saturated rings. The van der Waals surface area contributed by atoms with E-state index in [4.69, 9.17) is 19.2 Å². The van der Waals surface area contributed by atoms with Crippen LogP contribution < -0.4 is 24.4 Å². The summed E-state index contributed by atoms with van der Waals surface area (Å²) in [7, 11) is 1.56. The number of thiazole rings is 1. The van der Waals surface area contributed by atoms with Gasteiger partial charge in [0.2, 0.25) is 0 Å². The summed E-state index contributed by atoms with van der Waals surface area (Å²) in [5.41, 5.74) is 3.17. The monoisotopic (exact) mass is 698 g/mol. The van der Waals surface area contributed by atoms with E-state index in [1.54, 1.807) is 38.3 Å². The van der Waals surface area contributed by atoms with Crippen LogP contribution in [0.25, 0.3) is 11.8 Å². The molecule has 10 heteroatoms. The van der Waals surface area contributed by atoms with Crippen molar-refractivity contribution in [3.05, 3.63) is 155 Å². The van der Waals surface area contributed by atoms with Gasteiger partial charge in [-0.3, -0.25) is 9.36 Å². The molecular formula is C36H28BrFN2O5S. The van der Waals surface area contributed by atoms with E-state index in [1.165, 1.54) is 28.0 Å². The van der Waals surface area contributed by atoms with Crippen molar-refractivity contribution in [2.45, 2.75) is 19.6 Å². The molecule has 1 aliphatic heterocycles. The second-order valence-corrected chi connectivity index (χ2v) is 12.2. The molecule has 1 atom stereocenters. The number of carbonyl (C=O) groups is 1. The Balaban J connectivity index is 1.50. The number of halogens is 2. The molecule has 2 heterocycles. The normalized spacial score (nSPS) is 14.4. The quantitative estimate of drug-likeness (QED) is 0.166. The maximum absolute atomic E-state index is 14.2. The van der Waals surface area contributed by atoms with Crippen LogP contribution in [0.2, 0.25) is 0 Å². The van der Waals surface area contributed by atoms with Gasteiger partial charge in [0.15, 0.2) is 16.3 Å². The van der Waals surface area contributed by atoms with Gasteiger partial charge in [0.05, 0.1) is 40.0 Å². The van der Waals surface area contributed by atoms with Crippen LogP contribution in [-0.2, 0) is 16.1 Å². The Kier molecular flexibility index (Phi) is 9.28. The summed E-state index contributed by atoms with van der Waals surface area (Å²) in [6, 6.07) is 27.5. The van der Waals surface area contributed by atoms with Gasteiger partial charge in [0.1, 0.15) is 12.4 Å². The second-order valence-electron chi connectivity index (χ2n) is 10.3. The third-order valence-corrected chi connectivity index (χ3v) is 8.91. The van der Waals surface area contributed by atoms with Crippen molar-refractivity contribution >= 4 is 45.0 Å². The highest BCUT2D eigenvalue weighted by Gasteiger charge is 2.35. The number of ether oxygens (including phenoxy) is 3. The molecule has 1 aliphatic rings. The molecule has 0 bridgehead atoms. The van der Waals surface area contributed by atoms with E-state index in [-0.39, 0.29) is 17.7 Å². The number of carbonyl (C=O) groups excluding carboxylic acids is 1. The number of fused-ring (bicyclic) bond motifs is 1. The average molecular weight is 700 g/mol. The summed E-state index contributed by atoms with van der Waals surface area (Å²) in [4.78, 5) is 33.0. The van der Waals surface area contributed by atoms with Crippen LogP contribution in [0.3, 0.4) is 0 Å². The first-order chi connectivity index (χ1) is 22.4. The number of rotatable bonds is 9. The minimum Gasteiger partial charge on any atom is -0.493 e. The Morgan fingerprint density at radius 2 is 1.72 bits per heavy atom. The molecule has 7 nitrogen and oxygen atoms in total. The number of esters is 1. The topological polar surface area (TPSA) is 79.1 Å². The van der Waals surface area contributed by atoms with Crippen molar-refractivity contribution < 1.29 is 23.4 Å². The SMILES string of the molecule is CCOC(=O)C1=C(c2ccccc2)N=c2s/c(=C\c3cc(Br)c(OCc4ccccc4)c(OC)c3)c(=O)n2[C@@H]1c1ccc(F)cc1. The van der Waals surface area contributed by atoms with Crippen LogP contribution in [0.15, 0.2) is 117 Å². The fourth-order valence-electron chi connectivity index (χ4n) is 5.25. The van der Waals surface area contributed by atoms with E-state index in [1.807, 2.05) is 66.7 Å². The van der Waals surface area contributed by atoms with Gasteiger partial charge in [-0.05, 0) is 69.9 Å². The average Bonchev–Trinajstić information content (AvgIpc) is 3.38. The molecule has 6 rings (SSSR count). The summed E-state index contributed by atoms with van der Waals surface area (Å²) in [5.74, 6) is -0.0115. The first kappa shape index (κ1) is 31.2. The van der Waals surface area contributed by atoms with E-state index in [2.05, 4.69) is 15.9 Å². The van der Waals surface area contributed by atoms with Crippen molar-refractivity contribution in [1.82, 2.24) is 4.57 Å². The molecule has 46 heavy (non-hydrogen) atoms. The molecule has 232 valence electrons. The molecule has 0 saturated heterocycles. The van der Waals surface area contributed by atoms with Gasteiger partial charge in [-0.2, -0.15) is 0 Å². The second kappa shape index (κ2) is 13.7. The van der Waals surface area contributed by atoms with E-state index < -0.39 is 17.8 Å². The van der Waals surface area contributed by atoms with Gasteiger partial charge in [-0.15, -0.1) is 0 Å². The van der Waals surface area contributed by atoms with Crippen LogP contribution >= 0.6 is 27.3 Å². The van der Waals surface area contributed by atoms with Crippen molar-refractivity contribution in [2.24, 2.45) is 4.99 Å². The Morgan fingerprint density at radius 1 is 1.02 bits per heavy atom. The van der Waals surface area contributed by atoms with Gasteiger partial charge in [0, 0.05) is 5.56 Å². The molecular weight excluding hydrogens is 671 g/mol. The Morgan fingerprint density at radius 3 is 2.39 bits per heavy atom. The van der Waals surface area contributed by atoms with Gasteiger partial charge in [-0.25, -0.2) is 14.2 Å². The number of hydrogen-bond acceptors (Lipinski definition) is 7. The van der Waals surface area contributed by atoms with E-state index >= 15 is 0 Å². The molecule has 0 saturated carbocycles. The summed E-state index contributed by atoms with van der Waals surface area (Å²) < 4.78 is 33.8. The van der Waals surface area contributed by atoms with E-state index in [0.717, 1.165) is 5.56 Å². The number of nitrogens with zero attached hydrogens (tertiary/aromatic N) is 2. The number of aromatic nitrogens is 1. The van der Waals surface area contributed by atoms with Crippen LogP contribution in [0.4, 0.5) is 4.39 Å². The fourth-order valence-corrected chi connectivity index (χ4v) is 6.82. The molecule has 5 aromatic rings. The first-order valence-electron chi connectivity index (χ1n) is 14.5. The third-order valence-electron chi connectivity index (χ3n) is 7.33. The maximum atomic E-state index is 14.2. The zero-order valence-corrected chi connectivity index (χ0v) is 27.3. The summed E-state index contributed by atoms with van der Waals surface area (Å²) in [6.07, 6.45) is 1.75. The van der Waals surface area contributed by atoms with E-state index in [9.17, 15) is 14.0 Å². The van der Waals surface area contributed by atoms with Gasteiger partial charge in [0.25, 0.3) is 5.56 Å². The maximum Gasteiger partial charge on any atom is 0.338 e. The van der Waals surface area contributed by atoms with Crippen LogP contribution in [0.5, 0.6) is 11.5 Å². The molecule has 0 amide bonds. The largest absolute Gasteiger partial charge is 0.493 e. The Bertz CT molecular complexity index is 2110.